The van der Waals surface area contributed by atoms with Crippen LogP contribution in [0.15, 0.2) is 68.5 Å². The van der Waals surface area contributed by atoms with Gasteiger partial charge in [-0.15, -0.1) is 0 Å². The van der Waals surface area contributed by atoms with E-state index in [9.17, 15) is 16.8 Å². The molecule has 2 saturated heterocycles. The molecule has 0 atom stereocenters. The third-order valence-corrected chi connectivity index (χ3v) is 18.0. The van der Waals surface area contributed by atoms with Crippen LogP contribution in [0.3, 0.4) is 0 Å². The molecule has 0 saturated carbocycles. The molecule has 2 aliphatic heterocycles. The molecule has 0 radical (unpaired) electrons. The van der Waals surface area contributed by atoms with Crippen molar-refractivity contribution < 1.29 is 68.8 Å². The summed E-state index contributed by atoms with van der Waals surface area (Å²) >= 11 is -5.51. The molecule has 2 aliphatic carbocycles. The number of halogens is 4. The van der Waals surface area contributed by atoms with Crippen LogP contribution in [0.5, 0.6) is 11.5 Å². The molecule has 0 unspecified atom stereocenters. The Labute approximate surface area is 284 Å². The van der Waals surface area contributed by atoms with Crippen LogP contribution in [-0.2, 0) is 46.7 Å². The van der Waals surface area contributed by atoms with Crippen LogP contribution in [0.25, 0.3) is 0 Å². The second kappa shape index (κ2) is 14.8. The first kappa shape index (κ1) is 35.9. The van der Waals surface area contributed by atoms with Gasteiger partial charge in [-0.25, -0.2) is 0 Å². The summed E-state index contributed by atoms with van der Waals surface area (Å²) in [4.78, 5) is 4.34. The van der Waals surface area contributed by atoms with Gasteiger partial charge in [0.25, 0.3) is 0 Å². The molecule has 0 aromatic heterocycles. The van der Waals surface area contributed by atoms with Crippen LogP contribution in [0, 0.1) is 23.3 Å². The van der Waals surface area contributed by atoms with Crippen LogP contribution >= 0.6 is 0 Å². The van der Waals surface area contributed by atoms with Gasteiger partial charge in [0.1, 0.15) is 0 Å². The summed E-state index contributed by atoms with van der Waals surface area (Å²) in [6.45, 7) is 1.61. The van der Waals surface area contributed by atoms with Gasteiger partial charge in [-0.3, -0.25) is 0 Å². The Morgan fingerprint density at radius 3 is 1.37 bits per heavy atom. The minimum atomic E-state index is -5.51. The van der Waals surface area contributed by atoms with Gasteiger partial charge in [0, 0.05) is 0 Å². The first-order chi connectivity index (χ1) is 23.4. The van der Waals surface area contributed by atoms with E-state index in [1.807, 2.05) is 0 Å². The van der Waals surface area contributed by atoms with Gasteiger partial charge in [-0.1, -0.05) is 0 Å². The Morgan fingerprint density at radius 1 is 0.633 bits per heavy atom. The van der Waals surface area contributed by atoms with E-state index in [1.165, 1.54) is 22.2 Å². The van der Waals surface area contributed by atoms with Gasteiger partial charge >= 0.3 is 286 Å². The van der Waals surface area contributed by atoms with Crippen LogP contribution in [0.1, 0.15) is 12.8 Å². The average Bonchev–Trinajstić information content (AvgIpc) is 3.80. The number of benzene rings is 2. The predicted octanol–water partition coefficient (Wildman–Crippen LogP) is 1.96. The average molecular weight is 765 g/mol. The van der Waals surface area contributed by atoms with Crippen LogP contribution in [0.4, 0.5) is 17.6 Å². The summed E-state index contributed by atoms with van der Waals surface area (Å²) in [6, 6.07) is 3.10. The molecule has 2 N–H and O–H groups in total. The topological polar surface area (TPSA) is 136 Å². The van der Waals surface area contributed by atoms with Crippen molar-refractivity contribution in [2.45, 2.75) is 12.8 Å². The van der Waals surface area contributed by atoms with Crippen LogP contribution in [0.2, 0.25) is 0 Å². The molecule has 2 aromatic rings. The molecule has 0 amide bonds. The number of hydrogen-bond donors (Lipinski definition) is 2. The molecule has 264 valence electrons. The van der Waals surface area contributed by atoms with Crippen molar-refractivity contribution in [1.29, 1.82) is 0 Å². The van der Waals surface area contributed by atoms with E-state index in [0.717, 1.165) is 24.3 Å². The number of rotatable bonds is 12. The summed E-state index contributed by atoms with van der Waals surface area (Å²) in [6.07, 6.45) is 9.61. The number of allylic oxidation sites excluding steroid dienone is 8. The molecule has 12 nitrogen and oxygen atoms in total. The van der Waals surface area contributed by atoms with Crippen molar-refractivity contribution in [3.63, 3.8) is 0 Å². The second-order valence-electron chi connectivity index (χ2n) is 11.3. The van der Waals surface area contributed by atoms with Gasteiger partial charge in [-0.2, -0.15) is 0 Å². The van der Waals surface area contributed by atoms with Gasteiger partial charge in [-0.05, 0) is 0 Å². The Morgan fingerprint density at radius 2 is 1.02 bits per heavy atom. The predicted molar refractivity (Wildman–Crippen MR) is 166 cm³/mol. The summed E-state index contributed by atoms with van der Waals surface area (Å²) < 4.78 is 138. The molecule has 2 aromatic carbocycles. The summed E-state index contributed by atoms with van der Waals surface area (Å²) in [5.41, 5.74) is 0. The quantitative estimate of drug-likeness (QED) is 0.244. The zero-order valence-electron chi connectivity index (χ0n) is 25.8. The fourth-order valence-corrected chi connectivity index (χ4v) is 16.2. The molecule has 2 fully saturated rings. The molecular formula is C30H32F4N4O8S2Ti. The zero-order valence-corrected chi connectivity index (χ0v) is 29.0. The Hall–Kier alpha value is -2.91. The van der Waals surface area contributed by atoms with E-state index in [4.69, 9.17) is 17.8 Å². The van der Waals surface area contributed by atoms with Crippen molar-refractivity contribution in [3.8, 4) is 11.5 Å². The fourth-order valence-electron chi connectivity index (χ4n) is 6.21. The summed E-state index contributed by atoms with van der Waals surface area (Å²) in [5.74, 6) is -7.16. The number of hydrogen-bond acceptors (Lipinski definition) is 10. The van der Waals surface area contributed by atoms with Crippen LogP contribution < -0.4 is 25.8 Å². The molecule has 4 aliphatic rings. The summed E-state index contributed by atoms with van der Waals surface area (Å²) in [5, 5.41) is 2.57. The van der Waals surface area contributed by atoms with Crippen molar-refractivity contribution in [3.05, 3.63) is 91.7 Å². The van der Waals surface area contributed by atoms with Crippen molar-refractivity contribution in [2.75, 3.05) is 52.6 Å². The maximum atomic E-state index is 16.9. The van der Waals surface area contributed by atoms with Gasteiger partial charge < -0.3 is 0 Å². The Bertz CT molecular complexity index is 1810. The Kier molecular flexibility index (Phi) is 10.8. The fraction of sp³-hybridized carbons (Fsp3) is 0.333. The Balaban J connectivity index is 1.50. The molecule has 6 rings (SSSR count). The molecule has 19 heteroatoms. The van der Waals surface area contributed by atoms with Crippen molar-refractivity contribution >= 4 is 28.3 Å². The number of nitrogens with one attached hydrogen (secondary N) is 2. The van der Waals surface area contributed by atoms with Crippen LogP contribution in [-0.4, -0.2) is 79.5 Å². The summed E-state index contributed by atoms with van der Waals surface area (Å²) in [7, 11) is -9.44. The standard InChI is InChI=1S/2C10H11F2N2O4S.2C5H5.Ti/c2*11-8-1-2-10(9(12)7-8)18-19(15,16)13-14-3-5-17-6-4-14;2*1-2-4-5-3-1;/h2*1-2,13H,3-6H2;2*1-3H,4H2;. The normalized spacial score (nSPS) is 19.3. The van der Waals surface area contributed by atoms with Gasteiger partial charge in [0.15, 0.2) is 0 Å². The molecule has 2 heterocycles. The van der Waals surface area contributed by atoms with E-state index in [0.29, 0.717) is 7.76 Å². The van der Waals surface area contributed by atoms with E-state index in [2.05, 4.69) is 9.66 Å². The monoisotopic (exact) mass is 764 g/mol. The van der Waals surface area contributed by atoms with Gasteiger partial charge in [0.05, 0.1) is 0 Å². The van der Waals surface area contributed by atoms with E-state index in [1.54, 1.807) is 24.3 Å². The minimum absolute atomic E-state index is 0.0546. The van der Waals surface area contributed by atoms with E-state index in [-0.39, 0.29) is 65.4 Å². The number of ether oxygens (including phenoxy) is 2. The maximum absolute atomic E-state index is 16.9. The van der Waals surface area contributed by atoms with Crippen molar-refractivity contribution in [1.82, 2.24) is 19.7 Å². The third-order valence-electron chi connectivity index (χ3n) is 8.27. The number of morpholine rings is 2. The number of hydrazine groups is 2. The van der Waals surface area contributed by atoms with E-state index < -0.39 is 79.7 Å². The van der Waals surface area contributed by atoms with E-state index >= 15 is 17.6 Å². The number of nitrogens with zero attached hydrogens (tertiary/aromatic N) is 2. The van der Waals surface area contributed by atoms with Gasteiger partial charge in [0.2, 0.25) is 0 Å². The molecule has 0 spiro atoms. The molecule has 49 heavy (non-hydrogen) atoms. The molecular weight excluding hydrogens is 732 g/mol. The third kappa shape index (κ3) is 7.58. The first-order valence-corrected chi connectivity index (χ1v) is 21.1. The first-order valence-electron chi connectivity index (χ1n) is 15.2. The molecule has 0 bridgehead atoms. The SMILES string of the molecule is O=S(=O)(NN1CCOCC1)Oc1ccc(F)[c]([Ti]([C]2=CC=CC2)([C]2=CC=CC2)[c]2c(F)ccc(OS(=O)(=O)NN3CCOCC3)c2F)c1F. The van der Waals surface area contributed by atoms with Crippen molar-refractivity contribution in [2.24, 2.45) is 0 Å². The second-order valence-corrected chi connectivity index (χ2v) is 19.7. The zero-order chi connectivity index (χ0) is 34.8.